The van der Waals surface area contributed by atoms with Gasteiger partial charge in [-0.2, -0.15) is 10.1 Å². The van der Waals surface area contributed by atoms with Crippen molar-refractivity contribution in [3.05, 3.63) is 135 Å². The van der Waals surface area contributed by atoms with E-state index in [-0.39, 0.29) is 24.8 Å². The molecule has 3 aromatic carbocycles. The van der Waals surface area contributed by atoms with Crippen LogP contribution in [-0.4, -0.2) is 37.2 Å². The molecule has 220 valence electrons. The van der Waals surface area contributed by atoms with E-state index < -0.39 is 11.4 Å². The summed E-state index contributed by atoms with van der Waals surface area (Å²) in [6.07, 6.45) is 5.43. The number of amides is 1. The van der Waals surface area contributed by atoms with Gasteiger partial charge in [-0.3, -0.25) is 14.3 Å². The van der Waals surface area contributed by atoms with E-state index in [1.807, 2.05) is 18.3 Å². The second-order valence-electron chi connectivity index (χ2n) is 10.2. The largest absolute Gasteiger partial charge is 0.340 e. The lowest BCUT2D eigenvalue weighted by Gasteiger charge is -2.20. The van der Waals surface area contributed by atoms with Crippen LogP contribution >= 0.6 is 23.4 Å². The monoisotopic (exact) mass is 619 g/mol. The molecular weight excluding hydrogens is 592 g/mol. The zero-order chi connectivity index (χ0) is 30.5. The molecule has 0 unspecified atom stereocenters. The van der Waals surface area contributed by atoms with E-state index in [1.54, 1.807) is 72.1 Å². The number of carbonyl (C=O) groups is 1. The average Bonchev–Trinajstić information content (AvgIpc) is 3.40. The number of rotatable bonds is 10. The number of hydrogen-bond acceptors (Lipinski definition) is 5. The zero-order valence-corrected chi connectivity index (χ0v) is 25.1. The van der Waals surface area contributed by atoms with Gasteiger partial charge >= 0.3 is 0 Å². The lowest BCUT2D eigenvalue weighted by atomic mass is 10.0. The number of aryl methyl sites for hydroxylation is 1. The quantitative estimate of drug-likeness (QED) is 0.139. The lowest BCUT2D eigenvalue weighted by Crippen LogP contribution is -2.31. The maximum atomic E-state index is 15.1. The second-order valence-corrected chi connectivity index (χ2v) is 11.5. The molecule has 0 saturated carbocycles. The van der Waals surface area contributed by atoms with E-state index in [0.29, 0.717) is 39.0 Å². The molecule has 0 N–H and O–H groups in total. The third-order valence-electron chi connectivity index (χ3n) is 6.83. The Kier molecular flexibility index (Phi) is 9.37. The molecule has 0 saturated heterocycles. The summed E-state index contributed by atoms with van der Waals surface area (Å²) in [6.45, 7) is -0.0557. The normalized spacial score (nSPS) is 11.1. The molecule has 0 fully saturated rings. The van der Waals surface area contributed by atoms with Crippen molar-refractivity contribution >= 4 is 29.3 Å². The zero-order valence-electron chi connectivity index (χ0n) is 23.5. The highest BCUT2D eigenvalue weighted by atomic mass is 35.5. The number of halogens is 3. The first-order valence-corrected chi connectivity index (χ1v) is 14.7. The van der Waals surface area contributed by atoms with Gasteiger partial charge in [-0.1, -0.05) is 59.8 Å². The maximum Gasteiger partial charge on any atom is 0.277 e. The van der Waals surface area contributed by atoms with Crippen LogP contribution in [0.2, 0.25) is 5.02 Å². The van der Waals surface area contributed by atoms with Gasteiger partial charge < -0.3 is 9.47 Å². The van der Waals surface area contributed by atoms with Crippen LogP contribution in [0.4, 0.5) is 8.78 Å². The molecule has 43 heavy (non-hydrogen) atoms. The molecule has 1 amide bonds. The number of carbonyl (C=O) groups excluding carboxylic acids is 1. The van der Waals surface area contributed by atoms with Crippen molar-refractivity contribution in [3.8, 4) is 11.1 Å². The molecule has 5 aromatic rings. The van der Waals surface area contributed by atoms with Crippen molar-refractivity contribution in [2.75, 3.05) is 7.05 Å². The summed E-state index contributed by atoms with van der Waals surface area (Å²) in [5, 5.41) is 5.10. The fraction of sp³-hybridized carbons (Fsp3) is 0.188. The minimum absolute atomic E-state index is 0.0553. The van der Waals surface area contributed by atoms with Gasteiger partial charge in [-0.15, -0.1) is 0 Å². The van der Waals surface area contributed by atoms with Crippen LogP contribution in [0, 0.1) is 11.6 Å². The van der Waals surface area contributed by atoms with Crippen LogP contribution in [0.15, 0.2) is 95.3 Å². The predicted octanol–water partition coefficient (Wildman–Crippen LogP) is 6.12. The maximum absolute atomic E-state index is 15.1. The van der Waals surface area contributed by atoms with E-state index in [4.69, 9.17) is 11.6 Å². The smallest absolute Gasteiger partial charge is 0.277 e. The standard InChI is InChI=1S/C32H28ClF2N5O2S/c1-38(17-25-6-5-24(14-29(25)35)23-7-9-27(33)10-8-23)30(41)19-40-18-26(13-22-15-36-39(2)16-22)31(42)37-32(40)43-20-21-3-11-28(34)12-4-21/h3-12,14-16,18H,13,17,19-20H2,1-2H3. The Balaban J connectivity index is 1.34. The molecule has 0 spiro atoms. The number of benzene rings is 3. The third-order valence-corrected chi connectivity index (χ3v) is 8.15. The molecule has 0 aliphatic heterocycles. The van der Waals surface area contributed by atoms with Gasteiger partial charge in [0.1, 0.15) is 18.2 Å². The minimum Gasteiger partial charge on any atom is -0.340 e. The van der Waals surface area contributed by atoms with Crippen LogP contribution in [0.5, 0.6) is 0 Å². The SMILES string of the molecule is CN(Cc1ccc(-c2ccc(Cl)cc2)cc1F)C(=O)Cn1cc(Cc2cnn(C)c2)c(=O)nc1SCc1ccc(F)cc1. The third kappa shape index (κ3) is 7.77. The Morgan fingerprint density at radius 1 is 0.953 bits per heavy atom. The highest BCUT2D eigenvalue weighted by Gasteiger charge is 2.17. The van der Waals surface area contributed by atoms with E-state index in [1.165, 1.54) is 34.9 Å². The van der Waals surface area contributed by atoms with E-state index in [2.05, 4.69) is 10.1 Å². The van der Waals surface area contributed by atoms with Crippen molar-refractivity contribution in [2.45, 2.75) is 30.4 Å². The Bertz CT molecular complexity index is 1810. The van der Waals surface area contributed by atoms with Crippen LogP contribution in [-0.2, 0) is 37.1 Å². The molecule has 7 nitrogen and oxygen atoms in total. The molecule has 2 aromatic heterocycles. The minimum atomic E-state index is -0.425. The molecule has 0 aliphatic rings. The van der Waals surface area contributed by atoms with Gasteiger partial charge in [0.05, 0.1) is 6.20 Å². The molecule has 2 heterocycles. The first kappa shape index (κ1) is 30.2. The molecule has 11 heteroatoms. The van der Waals surface area contributed by atoms with Gasteiger partial charge in [-0.25, -0.2) is 8.78 Å². The number of likely N-dealkylation sites (N-methyl/N-ethyl adjacent to an activating group) is 1. The summed E-state index contributed by atoms with van der Waals surface area (Å²) in [6, 6.07) is 18.1. The van der Waals surface area contributed by atoms with Gasteiger partial charge in [-0.05, 0) is 52.6 Å². The highest BCUT2D eigenvalue weighted by Crippen LogP contribution is 2.25. The summed E-state index contributed by atoms with van der Waals surface area (Å²) in [5.74, 6) is -0.633. The van der Waals surface area contributed by atoms with Gasteiger partial charge in [0.2, 0.25) is 5.91 Å². The molecular formula is C32H28ClF2N5O2S. The molecule has 0 bridgehead atoms. The average molecular weight is 620 g/mol. The Labute approximate surface area is 256 Å². The van der Waals surface area contributed by atoms with Crippen molar-refractivity contribution < 1.29 is 13.6 Å². The fourth-order valence-electron chi connectivity index (χ4n) is 4.49. The summed E-state index contributed by atoms with van der Waals surface area (Å²) < 4.78 is 31.7. The van der Waals surface area contributed by atoms with Gasteiger partial charge in [0.25, 0.3) is 5.56 Å². The summed E-state index contributed by atoms with van der Waals surface area (Å²) in [5.41, 5.74) is 3.60. The van der Waals surface area contributed by atoms with E-state index in [9.17, 15) is 14.0 Å². The van der Waals surface area contributed by atoms with Crippen molar-refractivity contribution in [1.82, 2.24) is 24.2 Å². The first-order chi connectivity index (χ1) is 20.6. The predicted molar refractivity (Wildman–Crippen MR) is 164 cm³/mol. The van der Waals surface area contributed by atoms with E-state index in [0.717, 1.165) is 16.7 Å². The van der Waals surface area contributed by atoms with E-state index >= 15 is 4.39 Å². The topological polar surface area (TPSA) is 73.0 Å². The van der Waals surface area contributed by atoms with Crippen LogP contribution in [0.1, 0.15) is 22.3 Å². The number of nitrogens with zero attached hydrogens (tertiary/aromatic N) is 5. The van der Waals surface area contributed by atoms with Crippen LogP contribution in [0.3, 0.4) is 0 Å². The Hall–Kier alpha value is -4.28. The number of thioether (sulfide) groups is 1. The molecule has 0 radical (unpaired) electrons. The van der Waals surface area contributed by atoms with Crippen LogP contribution < -0.4 is 5.56 Å². The fourth-order valence-corrected chi connectivity index (χ4v) is 5.54. The second kappa shape index (κ2) is 13.4. The first-order valence-electron chi connectivity index (χ1n) is 13.4. The molecule has 0 atom stereocenters. The van der Waals surface area contributed by atoms with Crippen molar-refractivity contribution in [1.29, 1.82) is 0 Å². The highest BCUT2D eigenvalue weighted by molar-refractivity contribution is 7.98. The number of hydrogen-bond donors (Lipinski definition) is 0. The number of aromatic nitrogens is 4. The molecule has 5 rings (SSSR count). The lowest BCUT2D eigenvalue weighted by molar-refractivity contribution is -0.131. The molecule has 0 aliphatic carbocycles. The summed E-state index contributed by atoms with van der Waals surface area (Å²) in [4.78, 5) is 32.0. The van der Waals surface area contributed by atoms with Gasteiger partial charge in [0.15, 0.2) is 5.16 Å². The summed E-state index contributed by atoms with van der Waals surface area (Å²) >= 11 is 7.24. The Morgan fingerprint density at radius 3 is 2.35 bits per heavy atom. The van der Waals surface area contributed by atoms with Crippen molar-refractivity contribution in [3.63, 3.8) is 0 Å². The Morgan fingerprint density at radius 2 is 1.67 bits per heavy atom. The van der Waals surface area contributed by atoms with Crippen molar-refractivity contribution in [2.24, 2.45) is 7.05 Å². The van der Waals surface area contributed by atoms with Crippen LogP contribution in [0.25, 0.3) is 11.1 Å². The van der Waals surface area contributed by atoms with Gasteiger partial charge in [0, 0.05) is 61.4 Å². The summed E-state index contributed by atoms with van der Waals surface area (Å²) in [7, 11) is 3.39.